The van der Waals surface area contributed by atoms with E-state index in [1.165, 1.54) is 60.0 Å². The fourth-order valence-corrected chi connectivity index (χ4v) is 6.60. The number of nitrogens with zero attached hydrogens (tertiary/aromatic N) is 3. The molecular formula is C30H37N3O4. The summed E-state index contributed by atoms with van der Waals surface area (Å²) in [5.41, 5.74) is 6.53. The largest absolute Gasteiger partial charge is 0.497 e. The van der Waals surface area contributed by atoms with E-state index in [1.54, 1.807) is 13.2 Å². The average molecular weight is 504 g/mol. The van der Waals surface area contributed by atoms with Gasteiger partial charge in [0.05, 0.1) is 31.6 Å². The number of fused-ring (bicyclic) bond motifs is 5. The number of anilines is 1. The molecule has 196 valence electrons. The Morgan fingerprint density at radius 3 is 2.57 bits per heavy atom. The van der Waals surface area contributed by atoms with Gasteiger partial charge in [0.15, 0.2) is 0 Å². The third-order valence-electron chi connectivity index (χ3n) is 8.55. The van der Waals surface area contributed by atoms with Crippen molar-refractivity contribution in [1.29, 1.82) is 0 Å². The zero-order chi connectivity index (χ0) is 25.4. The van der Waals surface area contributed by atoms with Crippen LogP contribution in [0.5, 0.6) is 5.75 Å². The highest BCUT2D eigenvalue weighted by molar-refractivity contribution is 5.99. The van der Waals surface area contributed by atoms with Crippen LogP contribution in [-0.2, 0) is 11.3 Å². The minimum Gasteiger partial charge on any atom is -0.497 e. The van der Waals surface area contributed by atoms with E-state index in [0.717, 1.165) is 63.7 Å². The lowest BCUT2D eigenvalue weighted by atomic mass is 9.81. The molecule has 1 saturated carbocycles. The number of carboxylic acids is 1. The lowest BCUT2D eigenvalue weighted by molar-refractivity contribution is 0.0391. The molecule has 3 aromatic rings. The highest BCUT2D eigenvalue weighted by Gasteiger charge is 2.31. The first-order chi connectivity index (χ1) is 18.1. The van der Waals surface area contributed by atoms with Crippen molar-refractivity contribution in [3.8, 4) is 17.0 Å². The van der Waals surface area contributed by atoms with E-state index < -0.39 is 5.97 Å². The fourth-order valence-electron chi connectivity index (χ4n) is 6.60. The maximum Gasteiger partial charge on any atom is 0.335 e. The average Bonchev–Trinajstić information content (AvgIpc) is 3.18. The molecule has 6 rings (SSSR count). The standard InChI is InChI=1S/C30H37N3O4/c1-36-23-8-10-25-26(20-23)32(12-11-31-15-17-37-18-16-31)13-14-33-27-19-22(30(34)35)7-9-24(27)28(29(25)33)21-5-3-2-4-6-21/h7-10,19-21H,2-6,11-18H2,1H3,(H,34,35). The zero-order valence-corrected chi connectivity index (χ0v) is 21.7. The summed E-state index contributed by atoms with van der Waals surface area (Å²) in [5.74, 6) is 0.493. The maximum absolute atomic E-state index is 11.9. The number of benzene rings is 2. The number of aromatic nitrogens is 1. The summed E-state index contributed by atoms with van der Waals surface area (Å²) in [7, 11) is 1.73. The Morgan fingerprint density at radius 2 is 1.81 bits per heavy atom. The molecule has 7 nitrogen and oxygen atoms in total. The highest BCUT2D eigenvalue weighted by atomic mass is 16.5. The summed E-state index contributed by atoms with van der Waals surface area (Å²) in [6.45, 7) is 7.18. The minimum absolute atomic E-state index is 0.353. The van der Waals surface area contributed by atoms with Gasteiger partial charge < -0.3 is 24.0 Å². The van der Waals surface area contributed by atoms with E-state index in [-0.39, 0.29) is 0 Å². The molecule has 0 atom stereocenters. The van der Waals surface area contributed by atoms with Gasteiger partial charge in [-0.05, 0) is 48.6 Å². The van der Waals surface area contributed by atoms with Crippen molar-refractivity contribution in [3.63, 3.8) is 0 Å². The van der Waals surface area contributed by atoms with Crippen LogP contribution >= 0.6 is 0 Å². The highest BCUT2D eigenvalue weighted by Crippen LogP contribution is 2.48. The second kappa shape index (κ2) is 10.4. The molecule has 0 amide bonds. The first-order valence-corrected chi connectivity index (χ1v) is 13.8. The maximum atomic E-state index is 11.9. The van der Waals surface area contributed by atoms with Crippen LogP contribution < -0.4 is 9.64 Å². The third kappa shape index (κ3) is 4.59. The molecule has 37 heavy (non-hydrogen) atoms. The van der Waals surface area contributed by atoms with Crippen LogP contribution in [-0.4, -0.2) is 73.6 Å². The summed E-state index contributed by atoms with van der Waals surface area (Å²) >= 11 is 0. The monoisotopic (exact) mass is 503 g/mol. The van der Waals surface area contributed by atoms with E-state index in [0.29, 0.717) is 11.5 Å². The van der Waals surface area contributed by atoms with Gasteiger partial charge in [0.1, 0.15) is 5.75 Å². The molecule has 7 heteroatoms. The predicted octanol–water partition coefficient (Wildman–Crippen LogP) is 5.22. The number of rotatable bonds is 6. The number of aromatic carboxylic acids is 1. The number of ether oxygens (including phenoxy) is 2. The SMILES string of the molecule is COc1ccc2c(c1)N(CCN1CCOCC1)CCn1c-2c(C2CCCCC2)c2ccc(C(=O)O)cc21. The van der Waals surface area contributed by atoms with Crippen LogP contribution in [0.1, 0.15) is 53.9 Å². The molecule has 0 unspecified atom stereocenters. The van der Waals surface area contributed by atoms with Gasteiger partial charge in [-0.3, -0.25) is 4.90 Å². The number of hydrogen-bond donors (Lipinski definition) is 1. The van der Waals surface area contributed by atoms with Gasteiger partial charge in [0, 0.05) is 67.5 Å². The topological polar surface area (TPSA) is 67.2 Å². The Balaban J connectivity index is 1.49. The van der Waals surface area contributed by atoms with Crippen LogP contribution in [0, 0.1) is 0 Å². The number of methoxy groups -OCH3 is 1. The lowest BCUT2D eigenvalue weighted by Crippen LogP contribution is -2.42. The normalized spacial score (nSPS) is 18.9. The van der Waals surface area contributed by atoms with Gasteiger partial charge in [-0.2, -0.15) is 0 Å². The van der Waals surface area contributed by atoms with Crippen LogP contribution in [0.3, 0.4) is 0 Å². The van der Waals surface area contributed by atoms with E-state index in [2.05, 4.69) is 38.6 Å². The molecule has 2 aromatic carbocycles. The van der Waals surface area contributed by atoms with Gasteiger partial charge in [0.2, 0.25) is 0 Å². The quantitative estimate of drug-likeness (QED) is 0.498. The lowest BCUT2D eigenvalue weighted by Gasteiger charge is -2.31. The molecule has 0 radical (unpaired) electrons. The number of morpholine rings is 1. The molecule has 1 aliphatic carbocycles. The van der Waals surface area contributed by atoms with Crippen molar-refractivity contribution < 1.29 is 19.4 Å². The molecule has 0 bridgehead atoms. The van der Waals surface area contributed by atoms with Crippen LogP contribution in [0.2, 0.25) is 0 Å². The minimum atomic E-state index is -0.873. The van der Waals surface area contributed by atoms with Crippen molar-refractivity contribution in [2.45, 2.75) is 44.6 Å². The third-order valence-corrected chi connectivity index (χ3v) is 8.55. The van der Waals surface area contributed by atoms with Crippen LogP contribution in [0.4, 0.5) is 5.69 Å². The molecule has 0 spiro atoms. The van der Waals surface area contributed by atoms with Crippen molar-refractivity contribution in [2.24, 2.45) is 0 Å². The second-order valence-corrected chi connectivity index (χ2v) is 10.6. The Bertz CT molecular complexity index is 1290. The van der Waals surface area contributed by atoms with E-state index in [9.17, 15) is 9.90 Å². The number of carboxylic acid groups (broad SMARTS) is 1. The second-order valence-electron chi connectivity index (χ2n) is 10.6. The Labute approximate surface area is 218 Å². The van der Waals surface area contributed by atoms with Crippen LogP contribution in [0.15, 0.2) is 36.4 Å². The smallest absolute Gasteiger partial charge is 0.335 e. The van der Waals surface area contributed by atoms with E-state index in [1.807, 2.05) is 6.07 Å². The molecule has 1 aromatic heterocycles. The van der Waals surface area contributed by atoms with Crippen molar-refractivity contribution in [3.05, 3.63) is 47.5 Å². The van der Waals surface area contributed by atoms with E-state index >= 15 is 0 Å². The zero-order valence-electron chi connectivity index (χ0n) is 21.7. The van der Waals surface area contributed by atoms with Crippen molar-refractivity contribution in [2.75, 3.05) is 57.9 Å². The van der Waals surface area contributed by atoms with Crippen molar-refractivity contribution >= 4 is 22.6 Å². The molecule has 2 fully saturated rings. The summed E-state index contributed by atoms with van der Waals surface area (Å²) < 4.78 is 13.6. The Kier molecular flexibility index (Phi) is 6.82. The van der Waals surface area contributed by atoms with Gasteiger partial charge in [-0.15, -0.1) is 0 Å². The van der Waals surface area contributed by atoms with Gasteiger partial charge >= 0.3 is 5.97 Å². The Hall–Kier alpha value is -3.03. The molecule has 1 N–H and O–H groups in total. The predicted molar refractivity (Wildman–Crippen MR) is 146 cm³/mol. The van der Waals surface area contributed by atoms with Gasteiger partial charge in [-0.25, -0.2) is 4.79 Å². The van der Waals surface area contributed by atoms with Crippen LogP contribution in [0.25, 0.3) is 22.2 Å². The fraction of sp³-hybridized carbons (Fsp3) is 0.500. The molecule has 2 aliphatic heterocycles. The first kappa shape index (κ1) is 24.3. The summed E-state index contributed by atoms with van der Waals surface area (Å²) in [4.78, 5) is 16.9. The molecule has 1 saturated heterocycles. The number of hydrogen-bond acceptors (Lipinski definition) is 5. The number of carbonyl (C=O) groups is 1. The molecule has 3 aliphatic rings. The molecule has 3 heterocycles. The Morgan fingerprint density at radius 1 is 1.00 bits per heavy atom. The summed E-state index contributed by atoms with van der Waals surface area (Å²) in [6.07, 6.45) is 6.20. The van der Waals surface area contributed by atoms with Crippen molar-refractivity contribution in [1.82, 2.24) is 9.47 Å². The summed E-state index contributed by atoms with van der Waals surface area (Å²) in [6, 6.07) is 12.2. The first-order valence-electron chi connectivity index (χ1n) is 13.8. The van der Waals surface area contributed by atoms with E-state index in [4.69, 9.17) is 9.47 Å². The molecular weight excluding hydrogens is 466 g/mol. The summed E-state index contributed by atoms with van der Waals surface area (Å²) in [5, 5.41) is 11.0. The van der Waals surface area contributed by atoms with Gasteiger partial charge in [0.25, 0.3) is 0 Å². The van der Waals surface area contributed by atoms with Gasteiger partial charge in [-0.1, -0.05) is 25.3 Å².